The minimum Gasteiger partial charge on any atom is -0.325 e. The lowest BCUT2D eigenvalue weighted by molar-refractivity contribution is 0.511. The van der Waals surface area contributed by atoms with Crippen molar-refractivity contribution in [1.29, 1.82) is 0 Å². The van der Waals surface area contributed by atoms with Crippen LogP contribution in [0.25, 0.3) is 0 Å². The van der Waals surface area contributed by atoms with Crippen LogP contribution in [-0.4, -0.2) is 9.78 Å². The molecule has 1 heterocycles. The fourth-order valence-electron chi connectivity index (χ4n) is 1.95. The van der Waals surface area contributed by atoms with Gasteiger partial charge in [0, 0.05) is 19.3 Å². The number of aryl methyl sites for hydroxylation is 1. The first-order chi connectivity index (χ1) is 7.88. The molecule has 1 rings (SSSR count). The highest BCUT2D eigenvalue weighted by Gasteiger charge is 1.99. The number of rotatable bonds is 9. The normalized spacial score (nSPS) is 10.9. The van der Waals surface area contributed by atoms with Gasteiger partial charge < -0.3 is 5.73 Å². The molecule has 0 aliphatic carbocycles. The van der Waals surface area contributed by atoms with Crippen LogP contribution >= 0.6 is 0 Å². The Morgan fingerprint density at radius 2 is 1.81 bits per heavy atom. The lowest BCUT2D eigenvalue weighted by Crippen LogP contribution is -2.08. The smallest absolute Gasteiger partial charge is 0.0519 e. The van der Waals surface area contributed by atoms with Crippen molar-refractivity contribution in [3.63, 3.8) is 0 Å². The molecule has 0 fully saturated rings. The van der Waals surface area contributed by atoms with E-state index in [1.54, 1.807) is 0 Å². The molecule has 0 aromatic carbocycles. The number of hydrogen-bond donors (Lipinski definition) is 1. The molecule has 0 aliphatic heterocycles. The number of hydrogen-bond acceptors (Lipinski definition) is 2. The van der Waals surface area contributed by atoms with Crippen molar-refractivity contribution in [2.24, 2.45) is 5.73 Å². The minimum absolute atomic E-state index is 0.594. The zero-order valence-corrected chi connectivity index (χ0v) is 10.5. The average molecular weight is 223 g/mol. The van der Waals surface area contributed by atoms with Crippen molar-refractivity contribution >= 4 is 0 Å². The fourth-order valence-corrected chi connectivity index (χ4v) is 1.95. The van der Waals surface area contributed by atoms with Gasteiger partial charge in [0.05, 0.1) is 5.69 Å². The molecule has 0 bridgehead atoms. The van der Waals surface area contributed by atoms with Crippen LogP contribution in [0.4, 0.5) is 0 Å². The molecule has 0 aliphatic rings. The molecular weight excluding hydrogens is 198 g/mol. The van der Waals surface area contributed by atoms with Crippen LogP contribution < -0.4 is 5.73 Å². The highest BCUT2D eigenvalue weighted by atomic mass is 15.3. The van der Waals surface area contributed by atoms with Gasteiger partial charge in [-0.2, -0.15) is 5.10 Å². The minimum atomic E-state index is 0.594. The summed E-state index contributed by atoms with van der Waals surface area (Å²) in [7, 11) is 0. The maximum Gasteiger partial charge on any atom is 0.0519 e. The van der Waals surface area contributed by atoms with Gasteiger partial charge in [-0.25, -0.2) is 0 Å². The Labute approximate surface area is 99.0 Å². The van der Waals surface area contributed by atoms with Crippen molar-refractivity contribution < 1.29 is 0 Å². The van der Waals surface area contributed by atoms with Gasteiger partial charge in [-0.3, -0.25) is 4.68 Å². The summed E-state index contributed by atoms with van der Waals surface area (Å²) in [6.45, 7) is 3.87. The van der Waals surface area contributed by atoms with Gasteiger partial charge >= 0.3 is 0 Å². The van der Waals surface area contributed by atoms with Crippen LogP contribution in [0.2, 0.25) is 0 Å². The Morgan fingerprint density at radius 3 is 2.50 bits per heavy atom. The van der Waals surface area contributed by atoms with E-state index in [0.717, 1.165) is 12.2 Å². The summed E-state index contributed by atoms with van der Waals surface area (Å²) in [5, 5.41) is 4.27. The number of unbranched alkanes of at least 4 members (excludes halogenated alkanes) is 6. The Bertz CT molecular complexity index is 268. The molecule has 0 saturated heterocycles. The first-order valence-corrected chi connectivity index (χ1v) is 6.59. The zero-order valence-electron chi connectivity index (χ0n) is 10.5. The molecule has 16 heavy (non-hydrogen) atoms. The fraction of sp³-hybridized carbons (Fsp3) is 0.769. The predicted octanol–water partition coefficient (Wildman–Crippen LogP) is 3.09. The highest BCUT2D eigenvalue weighted by Crippen LogP contribution is 2.08. The van der Waals surface area contributed by atoms with E-state index in [1.165, 1.54) is 44.9 Å². The molecule has 0 amide bonds. The molecule has 2 N–H and O–H groups in total. The van der Waals surface area contributed by atoms with E-state index in [1.807, 2.05) is 16.9 Å². The summed E-state index contributed by atoms with van der Waals surface area (Å²) in [6, 6.07) is 2.00. The zero-order chi connectivity index (χ0) is 11.6. The molecule has 3 nitrogen and oxygen atoms in total. The van der Waals surface area contributed by atoms with Gasteiger partial charge in [0.2, 0.25) is 0 Å². The van der Waals surface area contributed by atoms with Gasteiger partial charge in [-0.05, 0) is 12.5 Å². The lowest BCUT2D eigenvalue weighted by atomic mass is 10.1. The van der Waals surface area contributed by atoms with Crippen molar-refractivity contribution in [3.8, 4) is 0 Å². The Morgan fingerprint density at radius 1 is 1.12 bits per heavy atom. The Balaban J connectivity index is 2.03. The van der Waals surface area contributed by atoms with E-state index >= 15 is 0 Å². The summed E-state index contributed by atoms with van der Waals surface area (Å²) in [4.78, 5) is 0. The Hall–Kier alpha value is -0.830. The molecule has 92 valence electrons. The molecule has 0 atom stereocenters. The van der Waals surface area contributed by atoms with E-state index in [9.17, 15) is 0 Å². The third kappa shape index (κ3) is 4.79. The molecule has 0 radical (unpaired) electrons. The van der Waals surface area contributed by atoms with Crippen molar-refractivity contribution in [1.82, 2.24) is 9.78 Å². The van der Waals surface area contributed by atoms with Gasteiger partial charge in [0.1, 0.15) is 0 Å². The summed E-state index contributed by atoms with van der Waals surface area (Å²) >= 11 is 0. The van der Waals surface area contributed by atoms with E-state index in [4.69, 9.17) is 5.73 Å². The van der Waals surface area contributed by atoms with Gasteiger partial charge in [-0.15, -0.1) is 0 Å². The van der Waals surface area contributed by atoms with Crippen LogP contribution in [-0.2, 0) is 13.1 Å². The molecule has 3 heteroatoms. The standard InChI is InChI=1S/C13H25N3/c1-2-3-4-5-6-7-8-11-16-13(12-14)9-10-15-16/h9-10H,2-8,11-12,14H2,1H3. The molecule has 1 aromatic heterocycles. The second-order valence-electron chi connectivity index (χ2n) is 4.37. The third-order valence-electron chi connectivity index (χ3n) is 2.99. The summed E-state index contributed by atoms with van der Waals surface area (Å²) in [6.07, 6.45) is 11.2. The van der Waals surface area contributed by atoms with Gasteiger partial charge in [-0.1, -0.05) is 45.4 Å². The van der Waals surface area contributed by atoms with Crippen molar-refractivity contribution in [2.75, 3.05) is 0 Å². The van der Waals surface area contributed by atoms with Crippen LogP contribution in [0.3, 0.4) is 0 Å². The molecule has 0 spiro atoms. The van der Waals surface area contributed by atoms with Crippen LogP contribution in [0.15, 0.2) is 12.3 Å². The maximum absolute atomic E-state index is 5.62. The first kappa shape index (κ1) is 13.2. The Kier molecular flexibility index (Phi) is 6.90. The summed E-state index contributed by atoms with van der Waals surface area (Å²) in [5.74, 6) is 0. The number of aromatic nitrogens is 2. The first-order valence-electron chi connectivity index (χ1n) is 6.59. The maximum atomic E-state index is 5.62. The third-order valence-corrected chi connectivity index (χ3v) is 2.99. The molecular formula is C13H25N3. The second kappa shape index (κ2) is 8.34. The molecule has 0 saturated carbocycles. The van der Waals surface area contributed by atoms with Gasteiger partial charge in [0.25, 0.3) is 0 Å². The highest BCUT2D eigenvalue weighted by molar-refractivity contribution is 4.99. The molecule has 1 aromatic rings. The van der Waals surface area contributed by atoms with Crippen LogP contribution in [0.1, 0.15) is 57.6 Å². The van der Waals surface area contributed by atoms with E-state index in [2.05, 4.69) is 12.0 Å². The summed E-state index contributed by atoms with van der Waals surface area (Å²) < 4.78 is 2.03. The van der Waals surface area contributed by atoms with Crippen molar-refractivity contribution in [2.45, 2.75) is 65.0 Å². The number of nitrogens with zero attached hydrogens (tertiary/aromatic N) is 2. The van der Waals surface area contributed by atoms with E-state index < -0.39 is 0 Å². The van der Waals surface area contributed by atoms with E-state index in [0.29, 0.717) is 6.54 Å². The monoisotopic (exact) mass is 223 g/mol. The van der Waals surface area contributed by atoms with Crippen LogP contribution in [0.5, 0.6) is 0 Å². The predicted molar refractivity (Wildman–Crippen MR) is 68.1 cm³/mol. The topological polar surface area (TPSA) is 43.8 Å². The second-order valence-corrected chi connectivity index (χ2v) is 4.37. The van der Waals surface area contributed by atoms with Crippen LogP contribution in [0, 0.1) is 0 Å². The largest absolute Gasteiger partial charge is 0.325 e. The SMILES string of the molecule is CCCCCCCCCn1nccc1CN. The quantitative estimate of drug-likeness (QED) is 0.654. The van der Waals surface area contributed by atoms with E-state index in [-0.39, 0.29) is 0 Å². The van der Waals surface area contributed by atoms with Gasteiger partial charge in [0.15, 0.2) is 0 Å². The van der Waals surface area contributed by atoms with Crippen molar-refractivity contribution in [3.05, 3.63) is 18.0 Å². The molecule has 0 unspecified atom stereocenters. The lowest BCUT2D eigenvalue weighted by Gasteiger charge is -2.05. The summed E-state index contributed by atoms with van der Waals surface area (Å²) in [5.41, 5.74) is 6.76. The average Bonchev–Trinajstić information content (AvgIpc) is 2.75. The number of nitrogens with two attached hydrogens (primary N) is 1.